The molecule has 1 atom stereocenters. The van der Waals surface area contributed by atoms with E-state index in [-0.39, 0.29) is 5.91 Å². The number of nitrogens with one attached hydrogen (secondary N) is 1. The van der Waals surface area contributed by atoms with Gasteiger partial charge in [-0.3, -0.25) is 4.79 Å². The van der Waals surface area contributed by atoms with E-state index in [1.807, 2.05) is 6.92 Å². The minimum atomic E-state index is -0.0313. The van der Waals surface area contributed by atoms with Gasteiger partial charge in [0.25, 0.3) is 0 Å². The predicted octanol–water partition coefficient (Wildman–Crippen LogP) is 3.87. The fraction of sp³-hybridized carbons (Fsp3) is 0.455. The highest BCUT2D eigenvalue weighted by Gasteiger charge is 2.10. The van der Waals surface area contributed by atoms with Gasteiger partial charge in [0.15, 0.2) is 5.15 Å². The SMILES string of the molecule is CCC(C)CC(=O)Nc1cc(Br)cnc1Cl. The molecule has 1 rings (SSSR count). The lowest BCUT2D eigenvalue weighted by Crippen LogP contribution is -2.15. The lowest BCUT2D eigenvalue weighted by molar-refractivity contribution is -0.117. The van der Waals surface area contributed by atoms with E-state index in [2.05, 4.69) is 33.2 Å². The Kier molecular flexibility index (Phi) is 5.22. The Morgan fingerprint density at radius 3 is 3.00 bits per heavy atom. The van der Waals surface area contributed by atoms with E-state index >= 15 is 0 Å². The van der Waals surface area contributed by atoms with Crippen molar-refractivity contribution in [2.24, 2.45) is 5.92 Å². The molecule has 1 unspecified atom stereocenters. The van der Waals surface area contributed by atoms with E-state index in [1.54, 1.807) is 12.3 Å². The predicted molar refractivity (Wildman–Crippen MR) is 69.6 cm³/mol. The number of halogens is 2. The van der Waals surface area contributed by atoms with Crippen molar-refractivity contribution in [2.45, 2.75) is 26.7 Å². The van der Waals surface area contributed by atoms with Crippen molar-refractivity contribution in [3.63, 3.8) is 0 Å². The zero-order chi connectivity index (χ0) is 12.1. The van der Waals surface area contributed by atoms with E-state index in [4.69, 9.17) is 11.6 Å². The van der Waals surface area contributed by atoms with Crippen LogP contribution in [0.2, 0.25) is 5.15 Å². The molecule has 0 bridgehead atoms. The first-order valence-electron chi connectivity index (χ1n) is 5.13. The van der Waals surface area contributed by atoms with Gasteiger partial charge < -0.3 is 5.32 Å². The summed E-state index contributed by atoms with van der Waals surface area (Å²) in [6, 6.07) is 1.74. The van der Waals surface area contributed by atoms with Crippen molar-refractivity contribution >= 4 is 39.1 Å². The third kappa shape index (κ3) is 4.10. The number of hydrogen-bond acceptors (Lipinski definition) is 2. The zero-order valence-corrected chi connectivity index (χ0v) is 11.6. The van der Waals surface area contributed by atoms with E-state index in [9.17, 15) is 4.79 Å². The van der Waals surface area contributed by atoms with Crippen LogP contribution in [0.3, 0.4) is 0 Å². The summed E-state index contributed by atoms with van der Waals surface area (Å²) in [4.78, 5) is 15.6. The maximum absolute atomic E-state index is 11.6. The first kappa shape index (κ1) is 13.5. The lowest BCUT2D eigenvalue weighted by atomic mass is 10.1. The summed E-state index contributed by atoms with van der Waals surface area (Å²) in [5.74, 6) is 0.343. The second-order valence-electron chi connectivity index (χ2n) is 3.76. The van der Waals surface area contributed by atoms with Crippen molar-refractivity contribution < 1.29 is 4.79 Å². The molecule has 0 saturated heterocycles. The van der Waals surface area contributed by atoms with Crippen LogP contribution in [0.1, 0.15) is 26.7 Å². The molecule has 1 N–H and O–H groups in total. The number of nitrogens with zero attached hydrogens (tertiary/aromatic N) is 1. The second-order valence-corrected chi connectivity index (χ2v) is 5.03. The quantitative estimate of drug-likeness (QED) is 0.858. The average molecular weight is 306 g/mol. The summed E-state index contributed by atoms with van der Waals surface area (Å²) in [7, 11) is 0. The number of pyridine rings is 1. The van der Waals surface area contributed by atoms with Crippen molar-refractivity contribution in [1.29, 1.82) is 0 Å². The molecule has 16 heavy (non-hydrogen) atoms. The first-order chi connectivity index (χ1) is 7.52. The smallest absolute Gasteiger partial charge is 0.224 e. The summed E-state index contributed by atoms with van der Waals surface area (Å²) in [5, 5.41) is 3.06. The molecule has 0 spiro atoms. The molecule has 0 saturated carbocycles. The molecule has 3 nitrogen and oxygen atoms in total. The van der Waals surface area contributed by atoms with Crippen molar-refractivity contribution in [1.82, 2.24) is 4.98 Å². The second kappa shape index (κ2) is 6.21. The molecule has 1 heterocycles. The van der Waals surface area contributed by atoms with E-state index in [1.165, 1.54) is 0 Å². The van der Waals surface area contributed by atoms with Crippen molar-refractivity contribution in [2.75, 3.05) is 5.32 Å². The minimum Gasteiger partial charge on any atom is -0.323 e. The molecular formula is C11H14BrClN2O. The summed E-state index contributed by atoms with van der Waals surface area (Å²) < 4.78 is 0.788. The van der Waals surface area contributed by atoms with Gasteiger partial charge in [0.2, 0.25) is 5.91 Å². The molecule has 0 aliphatic rings. The largest absolute Gasteiger partial charge is 0.323 e. The van der Waals surface area contributed by atoms with Crippen LogP contribution in [0.25, 0.3) is 0 Å². The van der Waals surface area contributed by atoms with Gasteiger partial charge in [-0.1, -0.05) is 31.9 Å². The fourth-order valence-electron chi connectivity index (χ4n) is 1.17. The Bertz CT molecular complexity index is 384. The van der Waals surface area contributed by atoms with Gasteiger partial charge in [-0.25, -0.2) is 4.98 Å². The molecule has 0 aliphatic heterocycles. The Hall–Kier alpha value is -0.610. The van der Waals surface area contributed by atoms with Gasteiger partial charge >= 0.3 is 0 Å². The van der Waals surface area contributed by atoms with Crippen LogP contribution in [0.15, 0.2) is 16.7 Å². The van der Waals surface area contributed by atoms with Gasteiger partial charge in [0, 0.05) is 17.1 Å². The summed E-state index contributed by atoms with van der Waals surface area (Å²) in [6.45, 7) is 4.10. The molecule has 0 fully saturated rings. The van der Waals surface area contributed by atoms with E-state index in [0.717, 1.165) is 10.9 Å². The minimum absolute atomic E-state index is 0.0313. The van der Waals surface area contributed by atoms with Gasteiger partial charge in [-0.2, -0.15) is 0 Å². The molecular weight excluding hydrogens is 291 g/mol. The lowest BCUT2D eigenvalue weighted by Gasteiger charge is -2.10. The van der Waals surface area contributed by atoms with Gasteiger partial charge in [-0.05, 0) is 27.9 Å². The van der Waals surface area contributed by atoms with Gasteiger partial charge in [0.05, 0.1) is 5.69 Å². The first-order valence-corrected chi connectivity index (χ1v) is 6.31. The fourth-order valence-corrected chi connectivity index (χ4v) is 1.65. The van der Waals surface area contributed by atoms with Crippen molar-refractivity contribution in [3.05, 3.63) is 21.9 Å². The molecule has 1 amide bonds. The summed E-state index contributed by atoms with van der Waals surface area (Å²) >= 11 is 9.14. The molecule has 88 valence electrons. The van der Waals surface area contributed by atoms with Crippen LogP contribution < -0.4 is 5.32 Å². The Balaban J connectivity index is 2.65. The number of aromatic nitrogens is 1. The highest BCUT2D eigenvalue weighted by atomic mass is 79.9. The maximum Gasteiger partial charge on any atom is 0.224 e. The number of rotatable bonds is 4. The third-order valence-electron chi connectivity index (χ3n) is 2.31. The molecule has 0 aromatic carbocycles. The molecule has 0 aliphatic carbocycles. The number of anilines is 1. The Labute approximate surface area is 109 Å². The number of carbonyl (C=O) groups excluding carboxylic acids is 1. The zero-order valence-electron chi connectivity index (χ0n) is 9.26. The van der Waals surface area contributed by atoms with Crippen LogP contribution in [-0.4, -0.2) is 10.9 Å². The van der Waals surface area contributed by atoms with Gasteiger partial charge in [0.1, 0.15) is 0 Å². The molecule has 0 radical (unpaired) electrons. The van der Waals surface area contributed by atoms with Crippen LogP contribution >= 0.6 is 27.5 Å². The normalized spacial score (nSPS) is 12.2. The molecule has 1 aromatic rings. The number of carbonyl (C=O) groups is 1. The highest BCUT2D eigenvalue weighted by molar-refractivity contribution is 9.10. The van der Waals surface area contributed by atoms with Crippen LogP contribution in [0.5, 0.6) is 0 Å². The molecule has 1 aromatic heterocycles. The maximum atomic E-state index is 11.6. The van der Waals surface area contributed by atoms with Crippen LogP contribution in [0, 0.1) is 5.92 Å². The van der Waals surface area contributed by atoms with Crippen LogP contribution in [-0.2, 0) is 4.79 Å². The summed E-state index contributed by atoms with van der Waals surface area (Å²) in [6.07, 6.45) is 3.07. The molecule has 5 heteroatoms. The summed E-state index contributed by atoms with van der Waals surface area (Å²) in [5.41, 5.74) is 0.546. The number of amides is 1. The Morgan fingerprint density at radius 2 is 2.38 bits per heavy atom. The average Bonchev–Trinajstić information content (AvgIpc) is 2.23. The number of hydrogen-bond donors (Lipinski definition) is 1. The van der Waals surface area contributed by atoms with E-state index < -0.39 is 0 Å². The highest BCUT2D eigenvalue weighted by Crippen LogP contribution is 2.23. The van der Waals surface area contributed by atoms with Crippen molar-refractivity contribution in [3.8, 4) is 0 Å². The monoisotopic (exact) mass is 304 g/mol. The van der Waals surface area contributed by atoms with E-state index in [0.29, 0.717) is 23.2 Å². The topological polar surface area (TPSA) is 42.0 Å². The standard InChI is InChI=1S/C11H14BrClN2O/c1-3-7(2)4-10(16)15-9-5-8(12)6-14-11(9)13/h5-7H,3-4H2,1-2H3,(H,15,16). The van der Waals surface area contributed by atoms with Crippen LogP contribution in [0.4, 0.5) is 5.69 Å². The van der Waals surface area contributed by atoms with Gasteiger partial charge in [-0.15, -0.1) is 0 Å². The third-order valence-corrected chi connectivity index (χ3v) is 3.05. The Morgan fingerprint density at radius 1 is 1.69 bits per heavy atom.